The first-order valence-electron chi connectivity index (χ1n) is 41.2. The summed E-state index contributed by atoms with van der Waals surface area (Å²) < 4.78 is 40.4. The van der Waals surface area contributed by atoms with Crippen molar-refractivity contribution >= 4 is 154 Å². The van der Waals surface area contributed by atoms with Gasteiger partial charge in [-0.1, -0.05) is 138 Å². The number of nitrogens with one attached hydrogen (secondary N) is 5. The summed E-state index contributed by atoms with van der Waals surface area (Å²) in [5.74, 6) is 5.49. The first kappa shape index (κ1) is 85.0. The van der Waals surface area contributed by atoms with Crippen molar-refractivity contribution in [2.45, 2.75) is 84.3 Å². The molecule has 0 amide bonds. The number of aryl methyl sites for hydroxylation is 1. The number of pyridine rings is 6. The highest BCUT2D eigenvalue weighted by molar-refractivity contribution is 7.90. The van der Waals surface area contributed by atoms with Crippen LogP contribution in [-0.2, 0) is 21.0 Å². The number of methoxy groups -OCH3 is 1. The van der Waals surface area contributed by atoms with Crippen LogP contribution in [0.5, 0.6) is 11.8 Å². The number of benzene rings is 4. The summed E-state index contributed by atoms with van der Waals surface area (Å²) in [6.45, 7) is 16.8. The smallest absolute Gasteiger partial charge is 0.215 e. The lowest BCUT2D eigenvalue weighted by molar-refractivity contribution is 0.138. The van der Waals surface area contributed by atoms with Gasteiger partial charge in [-0.15, -0.1) is 0 Å². The first-order chi connectivity index (χ1) is 61.6. The second-order valence-electron chi connectivity index (χ2n) is 31.5. The van der Waals surface area contributed by atoms with E-state index in [-0.39, 0.29) is 11.1 Å². The summed E-state index contributed by atoms with van der Waals surface area (Å²) >= 11 is 32.2. The fourth-order valence-corrected chi connectivity index (χ4v) is 17.1. The molecule has 17 heterocycles. The number of anilines is 5. The second kappa shape index (κ2) is 36.2. The highest BCUT2D eigenvalue weighted by Gasteiger charge is 2.35. The van der Waals surface area contributed by atoms with Gasteiger partial charge in [0.05, 0.1) is 115 Å². The van der Waals surface area contributed by atoms with E-state index in [0.29, 0.717) is 105 Å². The minimum atomic E-state index is -3.44. The van der Waals surface area contributed by atoms with E-state index in [1.165, 1.54) is 25.1 Å². The molecule has 1 saturated heterocycles. The fraction of sp³-hybridized carbons (Fsp3) is 0.221. The zero-order valence-electron chi connectivity index (χ0n) is 70.2. The number of rotatable bonds is 11. The van der Waals surface area contributed by atoms with Crippen LogP contribution >= 0.6 is 58.0 Å². The predicted octanol–water partition coefficient (Wildman–Crippen LogP) is 18.8. The van der Waals surface area contributed by atoms with Gasteiger partial charge >= 0.3 is 0 Å². The van der Waals surface area contributed by atoms with E-state index in [9.17, 15) is 8.42 Å². The molecule has 0 radical (unpaired) electrons. The molecule has 0 spiro atoms. The number of nitrogens with zero attached hydrogens (tertiary/aromatic N) is 16. The maximum Gasteiger partial charge on any atom is 0.215 e. The molecule has 26 nitrogen and oxygen atoms in total. The average molecular weight is 1810 g/mol. The second-order valence-corrected chi connectivity index (χ2v) is 35.5. The summed E-state index contributed by atoms with van der Waals surface area (Å²) in [6.07, 6.45) is 17.5. The molecular formula is C95H82Cl5N21O5S. The van der Waals surface area contributed by atoms with Gasteiger partial charge in [-0.25, -0.2) is 48.3 Å². The van der Waals surface area contributed by atoms with Gasteiger partial charge in [0.15, 0.2) is 44.0 Å². The molecular weight excluding hydrogens is 1720 g/mol. The van der Waals surface area contributed by atoms with E-state index >= 15 is 0 Å². The lowest BCUT2D eigenvalue weighted by Crippen LogP contribution is -2.17. The number of aliphatic imine (C=N–C) groups is 10. The number of aromatic nitrogens is 6. The molecule has 1 saturated carbocycles. The molecule has 12 aliphatic rings. The first-order valence-corrected chi connectivity index (χ1v) is 45.0. The quantitative estimate of drug-likeness (QED) is 0.0803. The molecule has 127 heavy (non-hydrogen) atoms. The highest BCUT2D eigenvalue weighted by atomic mass is 35.5. The van der Waals surface area contributed by atoms with E-state index in [1.54, 1.807) is 38.0 Å². The molecule has 22 rings (SSSR count). The van der Waals surface area contributed by atoms with E-state index in [4.69, 9.17) is 102 Å². The van der Waals surface area contributed by atoms with Crippen LogP contribution in [0.25, 0.3) is 0 Å². The zero-order chi connectivity index (χ0) is 87.9. The Morgan fingerprint density at radius 1 is 0.402 bits per heavy atom. The van der Waals surface area contributed by atoms with Crippen LogP contribution in [0.3, 0.4) is 0 Å². The molecule has 638 valence electrons. The molecule has 11 aliphatic heterocycles. The third-order valence-corrected chi connectivity index (χ3v) is 25.0. The van der Waals surface area contributed by atoms with Crippen LogP contribution < -0.4 is 36.1 Å². The molecule has 5 N–H and O–H groups in total. The normalized spacial score (nSPS) is 17.6. The van der Waals surface area contributed by atoms with Gasteiger partial charge in [0.25, 0.3) is 0 Å². The van der Waals surface area contributed by atoms with Gasteiger partial charge in [0, 0.05) is 161 Å². The Balaban J connectivity index is 0.000000108. The Labute approximate surface area is 758 Å². The number of sulfone groups is 1. The van der Waals surface area contributed by atoms with Crippen molar-refractivity contribution in [1.29, 1.82) is 0 Å². The third-order valence-electron chi connectivity index (χ3n) is 22.4. The number of halogens is 5. The van der Waals surface area contributed by atoms with Crippen molar-refractivity contribution in [3.63, 3.8) is 0 Å². The van der Waals surface area contributed by atoms with Crippen LogP contribution in [0.1, 0.15) is 134 Å². The summed E-state index contributed by atoms with van der Waals surface area (Å²) in [6, 6.07) is 41.9. The monoisotopic (exact) mass is 1800 g/mol. The van der Waals surface area contributed by atoms with Crippen molar-refractivity contribution in [3.8, 4) is 11.8 Å². The number of amidine groups is 5. The standard InChI is InChI=1S/C21H19ClN4O2.C20H17ClN4.C18H16ClN5.C18H15ClN4O2S.C18H15ClN4O/c1-12-9-24-21-19(12)26-20(14-4-2-3-5-16(14)22)15-10-23-18(8-17(15)25-21)28-13-6-7-27-11-13;1-11-9-23-20-18(11)25-19(13-4-2-3-5-15(13)21)14-10-22-16(12-6-7-12)8-17(14)24-20;1-3-11-6-15-13(8-21-11)17(12-4-5-20-9-14(12)19)24-16-10(2)7-22-18(16)23-15;1-10-8-21-18-16(10)23-17(11-5-3-4-6-13(11)19)12-9-20-15(26(2,24)25)7-14(12)22-18;1-10-8-21-18-16(10)23-17(11-5-3-4-6-13(11)19)12-9-20-15(24-2)7-14(12)22-18/h2-5,8,10,13H,6-7,9,11H2,1H3,(H,24,25);2-5,8,10,12H,6-7,9H2,1H3,(H,23,24);4-6,8-9H,3,7H2,1-2H3,(H,22,23);3-7,9H,8H2,1-2H3,(H,21,22);3-7,9H,8H2,1-2H3,(H,21,22). The Bertz CT molecular complexity index is 6760. The van der Waals surface area contributed by atoms with Gasteiger partial charge in [0.1, 0.15) is 34.6 Å². The largest absolute Gasteiger partial charge is 0.481 e. The number of fused-ring (bicyclic) bond motifs is 10. The molecule has 6 aromatic heterocycles. The van der Waals surface area contributed by atoms with Crippen molar-refractivity contribution in [3.05, 3.63) is 325 Å². The molecule has 1 atom stereocenters. The molecule has 32 heteroatoms. The summed E-state index contributed by atoms with van der Waals surface area (Å²) in [5, 5.41) is 20.0. The van der Waals surface area contributed by atoms with E-state index < -0.39 is 9.84 Å². The van der Waals surface area contributed by atoms with Crippen LogP contribution in [0.2, 0.25) is 25.1 Å². The van der Waals surface area contributed by atoms with E-state index in [1.807, 2.05) is 142 Å². The van der Waals surface area contributed by atoms with Crippen LogP contribution in [0.4, 0.5) is 28.4 Å². The minimum Gasteiger partial charge on any atom is -0.481 e. The predicted molar refractivity (Wildman–Crippen MR) is 508 cm³/mol. The van der Waals surface area contributed by atoms with Gasteiger partial charge in [-0.2, -0.15) is 0 Å². The molecule has 1 unspecified atom stereocenters. The Morgan fingerprint density at radius 3 is 1.13 bits per heavy atom. The summed E-state index contributed by atoms with van der Waals surface area (Å²) in [4.78, 5) is 73.5. The highest BCUT2D eigenvalue weighted by Crippen LogP contribution is 2.43. The Morgan fingerprint density at radius 2 is 0.756 bits per heavy atom. The topological polar surface area (TPSA) is 323 Å². The zero-order valence-corrected chi connectivity index (χ0v) is 74.8. The number of hydrogen-bond acceptors (Lipinski definition) is 26. The van der Waals surface area contributed by atoms with Gasteiger partial charge in [-0.3, -0.25) is 39.9 Å². The number of ether oxygens (including phenoxy) is 3. The summed E-state index contributed by atoms with van der Waals surface area (Å²) in [5.41, 5.74) is 28.6. The fourth-order valence-electron chi connectivity index (χ4n) is 15.4. The van der Waals surface area contributed by atoms with Crippen LogP contribution in [0.15, 0.2) is 288 Å². The van der Waals surface area contributed by atoms with Crippen molar-refractivity contribution < 1.29 is 22.6 Å². The Hall–Kier alpha value is -12.9. The van der Waals surface area contributed by atoms with Crippen LogP contribution in [-0.4, -0.2) is 161 Å². The maximum atomic E-state index is 11.9. The molecule has 10 aromatic rings. The van der Waals surface area contributed by atoms with Crippen molar-refractivity contribution in [1.82, 2.24) is 29.9 Å². The van der Waals surface area contributed by atoms with Gasteiger partial charge in [-0.05, 0) is 130 Å². The summed E-state index contributed by atoms with van der Waals surface area (Å²) in [7, 11) is -1.85. The lowest BCUT2D eigenvalue weighted by atomic mass is 10.0. The average Bonchev–Trinajstić information content (AvgIpc) is 1.67. The van der Waals surface area contributed by atoms with Crippen molar-refractivity contribution in [2.24, 2.45) is 49.9 Å². The minimum absolute atomic E-state index is 0.00925. The Kier molecular flexibility index (Phi) is 24.2. The van der Waals surface area contributed by atoms with E-state index in [0.717, 1.165) is 212 Å². The van der Waals surface area contributed by atoms with Gasteiger partial charge < -0.3 is 40.8 Å². The third kappa shape index (κ3) is 17.8. The maximum absolute atomic E-state index is 11.9. The van der Waals surface area contributed by atoms with Crippen LogP contribution in [0, 0.1) is 0 Å². The molecule has 2 fully saturated rings. The molecule has 1 aliphatic carbocycles. The molecule has 4 aromatic carbocycles. The lowest BCUT2D eigenvalue weighted by Gasteiger charge is -2.15. The molecule has 0 bridgehead atoms. The SMILES string of the molecule is CC1=C2N=C(c3ccccc3Cl)c3cnc(C4CC4)cc3NC2=NC1.CC1=C2N=C(c3ccccc3Cl)c3cnc(OC4CCOC4)cc3NC2=NC1.CC1=C2N=C(c3ccccc3Cl)c3cnc(S(C)(=O)=O)cc3NC2=NC1.CCc1cc2c(cn1)C(c1ccncc1Cl)=NC1=C(C)CN=C1N2.COc1cc2c(cn1)C(c1ccccc1Cl)=NC1=C(C)CN=C1N2. The van der Waals surface area contributed by atoms with Gasteiger partial charge in [0.2, 0.25) is 11.8 Å². The number of hydrogen-bond donors (Lipinski definition) is 5. The van der Waals surface area contributed by atoms with E-state index in [2.05, 4.69) is 109 Å². The van der Waals surface area contributed by atoms with Crippen molar-refractivity contribution in [2.75, 3.05) is 85.9 Å².